The number of hydrogen-bond donors (Lipinski definition) is 1. The lowest BCUT2D eigenvalue weighted by molar-refractivity contribution is -0.196. The van der Waals surface area contributed by atoms with Crippen LogP contribution in [0.2, 0.25) is 0 Å². The molecule has 0 heterocycles. The first-order chi connectivity index (χ1) is 14.9. The van der Waals surface area contributed by atoms with E-state index in [-0.39, 0.29) is 31.4 Å². The number of rotatable bonds is 8. The number of amides is 1. The predicted octanol–water partition coefficient (Wildman–Crippen LogP) is 3.21. The molecule has 1 N–H and O–H groups in total. The average molecular weight is 427 g/mol. The van der Waals surface area contributed by atoms with Gasteiger partial charge in [-0.1, -0.05) is 0 Å². The second kappa shape index (κ2) is 8.51. The molecular weight excluding hydrogens is 396 g/mol. The lowest BCUT2D eigenvalue weighted by Crippen LogP contribution is -2.58. The smallest absolute Gasteiger partial charge is 0.312 e. The molecule has 0 aliphatic heterocycles. The minimum atomic E-state index is -0.756. The van der Waals surface area contributed by atoms with Gasteiger partial charge in [-0.15, -0.1) is 0 Å². The van der Waals surface area contributed by atoms with Crippen molar-refractivity contribution in [1.29, 1.82) is 5.26 Å². The molecule has 2 unspecified atom stereocenters. The SMILES string of the molecule is CCOc1ccc(N(CCC#N)C(=O)COC(=O)C23CC4CC(CC(O)(C4)C2)C3)cc1. The van der Waals surface area contributed by atoms with Gasteiger partial charge in [0.1, 0.15) is 5.75 Å². The van der Waals surface area contributed by atoms with E-state index < -0.39 is 11.0 Å². The molecule has 7 nitrogen and oxygen atoms in total. The van der Waals surface area contributed by atoms with E-state index in [2.05, 4.69) is 6.07 Å². The first kappa shape index (κ1) is 21.6. The summed E-state index contributed by atoms with van der Waals surface area (Å²) in [5.41, 5.74) is -0.784. The topological polar surface area (TPSA) is 99.9 Å². The fraction of sp³-hybridized carbons (Fsp3) is 0.625. The van der Waals surface area contributed by atoms with Crippen LogP contribution < -0.4 is 9.64 Å². The Balaban J connectivity index is 1.42. The summed E-state index contributed by atoms with van der Waals surface area (Å²) in [6.07, 6.45) is 4.74. The van der Waals surface area contributed by atoms with Crippen LogP contribution in [0.5, 0.6) is 5.75 Å². The van der Waals surface area contributed by atoms with Gasteiger partial charge in [0.25, 0.3) is 5.91 Å². The summed E-state index contributed by atoms with van der Waals surface area (Å²) in [7, 11) is 0. The Bertz CT molecular complexity index is 861. The highest BCUT2D eigenvalue weighted by molar-refractivity contribution is 5.95. The summed E-state index contributed by atoms with van der Waals surface area (Å²) >= 11 is 0. The van der Waals surface area contributed by atoms with Crippen molar-refractivity contribution in [3.63, 3.8) is 0 Å². The third-order valence-corrected chi connectivity index (χ3v) is 7.00. The van der Waals surface area contributed by atoms with Gasteiger partial charge in [0, 0.05) is 12.2 Å². The Hall–Kier alpha value is -2.59. The van der Waals surface area contributed by atoms with E-state index in [1.165, 1.54) is 4.90 Å². The summed E-state index contributed by atoms with van der Waals surface area (Å²) in [6.45, 7) is 2.29. The maximum absolute atomic E-state index is 13.1. The summed E-state index contributed by atoms with van der Waals surface area (Å²) in [5, 5.41) is 19.8. The van der Waals surface area contributed by atoms with E-state index in [9.17, 15) is 14.7 Å². The molecule has 0 aromatic heterocycles. The molecule has 1 aromatic carbocycles. The standard InChI is InChI=1S/C24H30N2O5/c1-2-30-20-6-4-19(5-7-20)26(9-3-8-25)21(27)15-31-22(28)23-11-17-10-18(12-23)14-24(29,13-17)16-23/h4-7,17-18,29H,2-3,9-16H2,1H3. The molecule has 31 heavy (non-hydrogen) atoms. The Morgan fingerprint density at radius 2 is 1.87 bits per heavy atom. The highest BCUT2D eigenvalue weighted by Gasteiger charge is 2.60. The maximum Gasteiger partial charge on any atom is 0.312 e. The fourth-order valence-electron chi connectivity index (χ4n) is 6.26. The van der Waals surface area contributed by atoms with Gasteiger partial charge in [-0.2, -0.15) is 5.26 Å². The Morgan fingerprint density at radius 3 is 2.45 bits per heavy atom. The van der Waals surface area contributed by atoms with Gasteiger partial charge in [-0.3, -0.25) is 9.59 Å². The van der Waals surface area contributed by atoms with Crippen LogP contribution in [0.1, 0.15) is 51.9 Å². The van der Waals surface area contributed by atoms with Gasteiger partial charge in [0.15, 0.2) is 6.61 Å². The van der Waals surface area contributed by atoms with Crippen molar-refractivity contribution in [2.24, 2.45) is 17.3 Å². The second-order valence-electron chi connectivity index (χ2n) is 9.42. The van der Waals surface area contributed by atoms with Crippen molar-refractivity contribution in [2.45, 2.75) is 57.5 Å². The number of nitrogens with zero attached hydrogens (tertiary/aromatic N) is 2. The molecule has 2 atom stereocenters. The number of carbonyl (C=O) groups excluding carboxylic acids is 2. The van der Waals surface area contributed by atoms with Crippen LogP contribution in [-0.4, -0.2) is 42.3 Å². The van der Waals surface area contributed by atoms with Crippen LogP contribution in [-0.2, 0) is 14.3 Å². The van der Waals surface area contributed by atoms with Crippen molar-refractivity contribution in [3.8, 4) is 11.8 Å². The number of carbonyl (C=O) groups is 2. The van der Waals surface area contributed by atoms with Gasteiger partial charge >= 0.3 is 5.97 Å². The Kier molecular flexibility index (Phi) is 5.94. The number of esters is 1. The zero-order valence-corrected chi connectivity index (χ0v) is 18.0. The van der Waals surface area contributed by atoms with E-state index in [1.54, 1.807) is 24.3 Å². The maximum atomic E-state index is 13.1. The van der Waals surface area contributed by atoms with Crippen molar-refractivity contribution in [2.75, 3.05) is 24.7 Å². The molecule has 4 aliphatic carbocycles. The lowest BCUT2D eigenvalue weighted by atomic mass is 9.48. The van der Waals surface area contributed by atoms with Crippen LogP contribution in [0, 0.1) is 28.6 Å². The van der Waals surface area contributed by atoms with Crippen LogP contribution >= 0.6 is 0 Å². The normalized spacial score (nSPS) is 30.5. The summed E-state index contributed by atoms with van der Waals surface area (Å²) < 4.78 is 11.0. The number of ether oxygens (including phenoxy) is 2. The first-order valence-electron chi connectivity index (χ1n) is 11.2. The van der Waals surface area contributed by atoms with Crippen molar-refractivity contribution >= 4 is 17.6 Å². The first-order valence-corrected chi connectivity index (χ1v) is 11.2. The van der Waals surface area contributed by atoms with Crippen molar-refractivity contribution in [3.05, 3.63) is 24.3 Å². The molecule has 4 aliphatic rings. The van der Waals surface area contributed by atoms with Gasteiger partial charge in [0.2, 0.25) is 0 Å². The Morgan fingerprint density at radius 1 is 1.19 bits per heavy atom. The molecule has 166 valence electrons. The summed E-state index contributed by atoms with van der Waals surface area (Å²) in [6, 6.07) is 9.12. The molecule has 1 amide bonds. The van der Waals surface area contributed by atoms with Crippen LogP contribution in [0.15, 0.2) is 24.3 Å². The number of benzene rings is 1. The third-order valence-electron chi connectivity index (χ3n) is 7.00. The van der Waals surface area contributed by atoms with E-state index >= 15 is 0 Å². The summed E-state index contributed by atoms with van der Waals surface area (Å²) in [4.78, 5) is 27.4. The van der Waals surface area contributed by atoms with Crippen LogP contribution in [0.4, 0.5) is 5.69 Å². The largest absolute Gasteiger partial charge is 0.494 e. The quantitative estimate of drug-likeness (QED) is 0.641. The number of nitriles is 1. The molecule has 0 spiro atoms. The highest BCUT2D eigenvalue weighted by Crippen LogP contribution is 2.61. The summed E-state index contributed by atoms with van der Waals surface area (Å²) in [5.74, 6) is 0.706. The molecule has 0 saturated heterocycles. The minimum absolute atomic E-state index is 0.174. The predicted molar refractivity (Wildman–Crippen MR) is 113 cm³/mol. The molecular formula is C24H30N2O5. The number of aliphatic hydroxyl groups is 1. The molecule has 4 saturated carbocycles. The van der Waals surface area contributed by atoms with Gasteiger partial charge in [0.05, 0.1) is 30.1 Å². The molecule has 4 fully saturated rings. The third kappa shape index (κ3) is 4.40. The fourth-order valence-corrected chi connectivity index (χ4v) is 6.26. The molecule has 4 bridgehead atoms. The monoisotopic (exact) mass is 426 g/mol. The molecule has 7 heteroatoms. The number of anilines is 1. The highest BCUT2D eigenvalue weighted by atomic mass is 16.5. The zero-order chi connectivity index (χ0) is 22.1. The van der Waals surface area contributed by atoms with Gasteiger partial charge < -0.3 is 19.5 Å². The lowest BCUT2D eigenvalue weighted by Gasteiger charge is -2.58. The second-order valence-corrected chi connectivity index (χ2v) is 9.42. The van der Waals surface area contributed by atoms with Crippen molar-refractivity contribution in [1.82, 2.24) is 0 Å². The van der Waals surface area contributed by atoms with Crippen LogP contribution in [0.25, 0.3) is 0 Å². The van der Waals surface area contributed by atoms with Gasteiger partial charge in [-0.25, -0.2) is 0 Å². The van der Waals surface area contributed by atoms with Crippen molar-refractivity contribution < 1.29 is 24.2 Å². The Labute approximate surface area is 182 Å². The van der Waals surface area contributed by atoms with E-state index in [1.807, 2.05) is 6.92 Å². The molecule has 5 rings (SSSR count). The van der Waals surface area contributed by atoms with E-state index in [0.717, 1.165) is 32.1 Å². The molecule has 1 aromatic rings. The minimum Gasteiger partial charge on any atom is -0.494 e. The molecule has 0 radical (unpaired) electrons. The average Bonchev–Trinajstić information content (AvgIpc) is 2.71. The number of hydrogen-bond acceptors (Lipinski definition) is 6. The van der Waals surface area contributed by atoms with Gasteiger partial charge in [-0.05, 0) is 81.5 Å². The van der Waals surface area contributed by atoms with E-state index in [4.69, 9.17) is 14.7 Å². The zero-order valence-electron chi connectivity index (χ0n) is 18.0. The van der Waals surface area contributed by atoms with E-state index in [0.29, 0.717) is 36.3 Å². The van der Waals surface area contributed by atoms with Crippen LogP contribution in [0.3, 0.4) is 0 Å².